The number of amides is 2. The van der Waals surface area contributed by atoms with Gasteiger partial charge in [-0.3, -0.25) is 9.59 Å². The smallest absolute Gasteiger partial charge is 0.387 e. The van der Waals surface area contributed by atoms with Crippen LogP contribution in [0.1, 0.15) is 55.3 Å². The van der Waals surface area contributed by atoms with Crippen LogP contribution < -0.4 is 19.5 Å². The van der Waals surface area contributed by atoms with Crippen LogP contribution in [0.25, 0.3) is 0 Å². The van der Waals surface area contributed by atoms with E-state index in [1.807, 2.05) is 6.07 Å². The number of nitrogens with zero attached hydrogens (tertiary/aromatic N) is 1. The van der Waals surface area contributed by atoms with E-state index < -0.39 is 24.2 Å². The summed E-state index contributed by atoms with van der Waals surface area (Å²) in [5, 5.41) is 2.93. The molecule has 2 aromatic rings. The number of carbonyl (C=O) groups is 2. The number of likely N-dealkylation sites (tertiary alicyclic amines) is 1. The van der Waals surface area contributed by atoms with E-state index in [1.165, 1.54) is 29.5 Å². The van der Waals surface area contributed by atoms with Crippen molar-refractivity contribution in [1.29, 1.82) is 0 Å². The molecule has 0 aromatic heterocycles. The van der Waals surface area contributed by atoms with Gasteiger partial charge < -0.3 is 24.4 Å². The summed E-state index contributed by atoms with van der Waals surface area (Å²) in [6.07, 6.45) is 6.25. The van der Waals surface area contributed by atoms with Gasteiger partial charge in [-0.1, -0.05) is 18.6 Å². The van der Waals surface area contributed by atoms with Crippen molar-refractivity contribution in [2.45, 2.75) is 57.3 Å². The topological polar surface area (TPSA) is 77.1 Å². The van der Waals surface area contributed by atoms with Crippen LogP contribution in [0.3, 0.4) is 0 Å². The Morgan fingerprint density at radius 2 is 1.80 bits per heavy atom. The number of ether oxygens (including phenoxy) is 3. The molecule has 1 unspecified atom stereocenters. The Morgan fingerprint density at radius 1 is 1.03 bits per heavy atom. The quantitative estimate of drug-likeness (QED) is 0.628. The summed E-state index contributed by atoms with van der Waals surface area (Å²) in [7, 11) is 0. The average Bonchev–Trinajstić information content (AvgIpc) is 3.20. The molecule has 2 aromatic carbocycles. The van der Waals surface area contributed by atoms with Crippen molar-refractivity contribution in [2.75, 3.05) is 18.4 Å². The van der Waals surface area contributed by atoms with Gasteiger partial charge >= 0.3 is 6.61 Å². The third kappa shape index (κ3) is 5.04. The van der Waals surface area contributed by atoms with Crippen LogP contribution in [0.2, 0.25) is 0 Å². The lowest BCUT2D eigenvalue weighted by molar-refractivity contribution is -0.121. The predicted octanol–water partition coefficient (Wildman–Crippen LogP) is 5.21. The molecule has 5 rings (SSSR count). The van der Waals surface area contributed by atoms with E-state index in [-0.39, 0.29) is 23.8 Å². The molecule has 2 heterocycles. The number of rotatable bonds is 5. The summed E-state index contributed by atoms with van der Waals surface area (Å²) in [5.41, 5.74) is 0.658. The van der Waals surface area contributed by atoms with Gasteiger partial charge in [-0.05, 0) is 49.9 Å². The summed E-state index contributed by atoms with van der Waals surface area (Å²) in [6, 6.07) is 11.3. The molecule has 35 heavy (non-hydrogen) atoms. The van der Waals surface area contributed by atoms with Crippen LogP contribution in [0.5, 0.6) is 17.2 Å². The molecule has 186 valence electrons. The van der Waals surface area contributed by atoms with Gasteiger partial charge in [0.1, 0.15) is 5.75 Å². The minimum Gasteiger partial charge on any atom is -0.448 e. The van der Waals surface area contributed by atoms with Gasteiger partial charge in [-0.25, -0.2) is 0 Å². The van der Waals surface area contributed by atoms with Crippen LogP contribution in [-0.4, -0.2) is 42.2 Å². The number of carbonyl (C=O) groups excluding carboxylic acids is 2. The second kappa shape index (κ2) is 9.71. The molecule has 1 N–H and O–H groups in total. The Kier molecular flexibility index (Phi) is 6.49. The number of hydrogen-bond acceptors (Lipinski definition) is 5. The van der Waals surface area contributed by atoms with Gasteiger partial charge in [0.15, 0.2) is 11.5 Å². The first-order chi connectivity index (χ1) is 16.9. The monoisotopic (exact) mass is 486 g/mol. The van der Waals surface area contributed by atoms with Crippen molar-refractivity contribution in [3.05, 3.63) is 48.0 Å². The minimum atomic E-state index is -3.03. The van der Waals surface area contributed by atoms with Crippen molar-refractivity contribution < 1.29 is 32.6 Å². The minimum absolute atomic E-state index is 0.0567. The van der Waals surface area contributed by atoms with E-state index >= 15 is 0 Å². The number of halogens is 2. The molecule has 1 atom stereocenters. The van der Waals surface area contributed by atoms with Crippen LogP contribution >= 0.6 is 0 Å². The van der Waals surface area contributed by atoms with E-state index in [0.29, 0.717) is 36.6 Å². The first-order valence-electron chi connectivity index (χ1n) is 12.1. The molecule has 1 saturated heterocycles. The van der Waals surface area contributed by atoms with E-state index in [1.54, 1.807) is 18.2 Å². The summed E-state index contributed by atoms with van der Waals surface area (Å²) >= 11 is 0. The van der Waals surface area contributed by atoms with E-state index in [4.69, 9.17) is 9.47 Å². The molecule has 1 saturated carbocycles. The molecule has 0 bridgehead atoms. The number of alkyl halides is 2. The Morgan fingerprint density at radius 3 is 2.60 bits per heavy atom. The van der Waals surface area contributed by atoms with E-state index in [0.717, 1.165) is 25.7 Å². The van der Waals surface area contributed by atoms with Gasteiger partial charge in [0, 0.05) is 37.7 Å². The molecule has 1 aliphatic carbocycles. The summed E-state index contributed by atoms with van der Waals surface area (Å²) in [5.74, 6) is -0.506. The summed E-state index contributed by atoms with van der Waals surface area (Å²) in [6.45, 7) is -2.39. The Labute approximate surface area is 202 Å². The molecule has 2 aliphatic heterocycles. The molecule has 0 radical (unpaired) electrons. The van der Waals surface area contributed by atoms with E-state index in [9.17, 15) is 18.4 Å². The van der Waals surface area contributed by atoms with Crippen LogP contribution in [0.4, 0.5) is 14.5 Å². The molecule has 9 heteroatoms. The first-order valence-corrected chi connectivity index (χ1v) is 12.1. The average molecular weight is 487 g/mol. The number of piperidine rings is 1. The van der Waals surface area contributed by atoms with Crippen LogP contribution in [0.15, 0.2) is 42.5 Å². The standard InChI is InChI=1S/C26H28F2N2O5/c27-25(28)33-20-9-3-2-8-19(20)24(32)30-14-6-7-17(16-30)23(31)29-18-10-11-21-22(15-18)35-26(34-21)12-4-1-5-13-26/h2-3,8-11,15,17,25H,1,4-7,12-14,16H2,(H,29,31). The third-order valence-corrected chi connectivity index (χ3v) is 6.83. The number of hydrogen-bond donors (Lipinski definition) is 1. The van der Waals surface area contributed by atoms with Crippen molar-refractivity contribution >= 4 is 17.5 Å². The zero-order valence-electron chi connectivity index (χ0n) is 19.3. The zero-order chi connectivity index (χ0) is 24.4. The van der Waals surface area contributed by atoms with Gasteiger partial charge in [0.25, 0.3) is 11.7 Å². The van der Waals surface area contributed by atoms with Crippen molar-refractivity contribution in [1.82, 2.24) is 4.90 Å². The lowest BCUT2D eigenvalue weighted by Crippen LogP contribution is -2.43. The Balaban J connectivity index is 1.23. The molecular formula is C26H28F2N2O5. The maximum atomic E-state index is 13.0. The number of nitrogens with one attached hydrogen (secondary N) is 1. The highest BCUT2D eigenvalue weighted by molar-refractivity contribution is 5.98. The van der Waals surface area contributed by atoms with E-state index in [2.05, 4.69) is 10.1 Å². The second-order valence-corrected chi connectivity index (χ2v) is 9.29. The lowest BCUT2D eigenvalue weighted by Gasteiger charge is -2.32. The largest absolute Gasteiger partial charge is 0.448 e. The van der Waals surface area contributed by atoms with Gasteiger partial charge in [-0.15, -0.1) is 0 Å². The number of benzene rings is 2. The van der Waals surface area contributed by atoms with Crippen LogP contribution in [0, 0.1) is 5.92 Å². The van der Waals surface area contributed by atoms with Gasteiger partial charge in [-0.2, -0.15) is 8.78 Å². The van der Waals surface area contributed by atoms with Gasteiger partial charge in [0.2, 0.25) is 5.91 Å². The molecule has 3 aliphatic rings. The highest BCUT2D eigenvalue weighted by Gasteiger charge is 2.42. The fourth-order valence-electron chi connectivity index (χ4n) is 5.10. The lowest BCUT2D eigenvalue weighted by atomic mass is 9.94. The molecular weight excluding hydrogens is 458 g/mol. The van der Waals surface area contributed by atoms with Crippen molar-refractivity contribution in [3.63, 3.8) is 0 Å². The second-order valence-electron chi connectivity index (χ2n) is 9.29. The van der Waals surface area contributed by atoms with Crippen LogP contribution in [-0.2, 0) is 4.79 Å². The molecule has 1 spiro atoms. The molecule has 2 amide bonds. The fraction of sp³-hybridized carbons (Fsp3) is 0.462. The SMILES string of the molecule is O=C(Nc1ccc2c(c1)OC1(CCCCC1)O2)C1CCCN(C(=O)c2ccccc2OC(F)F)C1. The number of para-hydroxylation sites is 1. The fourth-order valence-corrected chi connectivity index (χ4v) is 5.10. The highest BCUT2D eigenvalue weighted by Crippen LogP contribution is 2.46. The molecule has 7 nitrogen and oxygen atoms in total. The predicted molar refractivity (Wildman–Crippen MR) is 124 cm³/mol. The normalized spacial score (nSPS) is 20.7. The Bertz CT molecular complexity index is 1100. The molecule has 2 fully saturated rings. The number of fused-ring (bicyclic) bond motifs is 1. The zero-order valence-corrected chi connectivity index (χ0v) is 19.3. The third-order valence-electron chi connectivity index (χ3n) is 6.83. The van der Waals surface area contributed by atoms with Gasteiger partial charge in [0.05, 0.1) is 11.5 Å². The Hall–Kier alpha value is -3.36. The van der Waals surface area contributed by atoms with Crippen molar-refractivity contribution in [2.24, 2.45) is 5.92 Å². The first kappa shape index (κ1) is 23.4. The maximum absolute atomic E-state index is 13.0. The summed E-state index contributed by atoms with van der Waals surface area (Å²) < 4.78 is 42.2. The highest BCUT2D eigenvalue weighted by atomic mass is 19.3. The number of anilines is 1. The van der Waals surface area contributed by atoms with Crippen molar-refractivity contribution in [3.8, 4) is 17.2 Å². The summed E-state index contributed by atoms with van der Waals surface area (Å²) in [4.78, 5) is 27.6. The maximum Gasteiger partial charge on any atom is 0.387 e.